The number of fused-ring (bicyclic) bond motifs is 1. The smallest absolute Gasteiger partial charge is 0.331 e. The molecular weight excluding hydrogens is 382 g/mol. The Hall–Kier alpha value is -2.40. The van der Waals surface area contributed by atoms with Crippen molar-refractivity contribution in [1.29, 1.82) is 0 Å². The van der Waals surface area contributed by atoms with Gasteiger partial charge in [-0.1, -0.05) is 46.3 Å². The zero-order chi connectivity index (χ0) is 17.8. The minimum Gasteiger partial charge on any atom is -0.449 e. The summed E-state index contributed by atoms with van der Waals surface area (Å²) in [5.41, 5.74) is 2.92. The number of hydrogen-bond donors (Lipinski definition) is 0. The predicted octanol–water partition coefficient (Wildman–Crippen LogP) is 3.98. The number of carbonyl (C=O) groups excluding carboxylic acids is 2. The van der Waals surface area contributed by atoms with Crippen molar-refractivity contribution in [2.24, 2.45) is 0 Å². The minimum atomic E-state index is -0.828. The summed E-state index contributed by atoms with van der Waals surface area (Å²) >= 11 is 3.38. The van der Waals surface area contributed by atoms with Crippen LogP contribution in [0.4, 0.5) is 5.69 Å². The molecule has 0 bridgehead atoms. The van der Waals surface area contributed by atoms with Crippen molar-refractivity contribution in [3.8, 4) is 0 Å². The number of esters is 1. The summed E-state index contributed by atoms with van der Waals surface area (Å²) in [6.07, 6.45) is 3.00. The molecule has 0 saturated heterocycles. The van der Waals surface area contributed by atoms with Gasteiger partial charge in [0.05, 0.1) is 0 Å². The molecule has 1 aliphatic rings. The maximum atomic E-state index is 12.6. The molecule has 0 aliphatic carbocycles. The number of nitrogens with zero attached hydrogens (tertiary/aromatic N) is 1. The topological polar surface area (TPSA) is 46.6 Å². The summed E-state index contributed by atoms with van der Waals surface area (Å²) in [5, 5.41) is 0. The van der Waals surface area contributed by atoms with Crippen LogP contribution in [0.1, 0.15) is 18.1 Å². The van der Waals surface area contributed by atoms with Crippen LogP contribution in [-0.4, -0.2) is 24.5 Å². The monoisotopic (exact) mass is 399 g/mol. The Kier molecular flexibility index (Phi) is 5.34. The van der Waals surface area contributed by atoms with Gasteiger partial charge in [0.2, 0.25) is 0 Å². The second-order valence-electron chi connectivity index (χ2n) is 5.84. The van der Waals surface area contributed by atoms with Crippen LogP contribution in [0.25, 0.3) is 6.08 Å². The van der Waals surface area contributed by atoms with Crippen LogP contribution >= 0.6 is 15.9 Å². The summed E-state index contributed by atoms with van der Waals surface area (Å²) in [6, 6.07) is 15.4. The summed E-state index contributed by atoms with van der Waals surface area (Å²) in [6.45, 7) is 2.22. The molecule has 1 atom stereocenters. The molecule has 0 N–H and O–H groups in total. The lowest BCUT2D eigenvalue weighted by molar-refractivity contribution is -0.149. The summed E-state index contributed by atoms with van der Waals surface area (Å²) in [4.78, 5) is 26.3. The van der Waals surface area contributed by atoms with Gasteiger partial charge < -0.3 is 9.64 Å². The quantitative estimate of drug-likeness (QED) is 0.576. The van der Waals surface area contributed by atoms with Crippen LogP contribution in [0.2, 0.25) is 0 Å². The zero-order valence-electron chi connectivity index (χ0n) is 13.8. The summed E-state index contributed by atoms with van der Waals surface area (Å²) < 4.78 is 6.19. The molecule has 0 unspecified atom stereocenters. The third-order valence-corrected chi connectivity index (χ3v) is 4.55. The van der Waals surface area contributed by atoms with E-state index in [0.717, 1.165) is 27.7 Å². The molecule has 1 aliphatic heterocycles. The molecular formula is C20H18BrNO3. The first-order valence-electron chi connectivity index (χ1n) is 8.08. The molecule has 0 radical (unpaired) electrons. The molecule has 3 rings (SSSR count). The number of benzene rings is 2. The predicted molar refractivity (Wildman–Crippen MR) is 101 cm³/mol. The van der Waals surface area contributed by atoms with Crippen molar-refractivity contribution in [3.05, 3.63) is 70.2 Å². The highest BCUT2D eigenvalue weighted by molar-refractivity contribution is 9.10. The number of amides is 1. The van der Waals surface area contributed by atoms with Crippen molar-refractivity contribution in [1.82, 2.24) is 0 Å². The molecule has 0 fully saturated rings. The van der Waals surface area contributed by atoms with Crippen molar-refractivity contribution in [2.75, 3.05) is 11.4 Å². The van der Waals surface area contributed by atoms with Gasteiger partial charge in [0.25, 0.3) is 5.91 Å². The van der Waals surface area contributed by atoms with E-state index < -0.39 is 12.1 Å². The van der Waals surface area contributed by atoms with Crippen molar-refractivity contribution < 1.29 is 14.3 Å². The largest absolute Gasteiger partial charge is 0.449 e. The van der Waals surface area contributed by atoms with Crippen LogP contribution in [0.5, 0.6) is 0 Å². The zero-order valence-corrected chi connectivity index (χ0v) is 15.4. The molecule has 0 aromatic heterocycles. The van der Waals surface area contributed by atoms with Crippen LogP contribution < -0.4 is 4.90 Å². The lowest BCUT2D eigenvalue weighted by atomic mass is 10.2. The SMILES string of the molecule is C[C@H](OC(=O)/C=C/c1cccc(Br)c1)C(=O)N1CCc2ccccc21. The maximum absolute atomic E-state index is 12.6. The van der Waals surface area contributed by atoms with Crippen molar-refractivity contribution in [2.45, 2.75) is 19.4 Å². The van der Waals surface area contributed by atoms with E-state index in [0.29, 0.717) is 6.54 Å². The first kappa shape index (κ1) is 17.4. The van der Waals surface area contributed by atoms with E-state index >= 15 is 0 Å². The van der Waals surface area contributed by atoms with Crippen molar-refractivity contribution in [3.63, 3.8) is 0 Å². The van der Waals surface area contributed by atoms with Crippen molar-refractivity contribution >= 4 is 39.6 Å². The molecule has 0 saturated carbocycles. The van der Waals surface area contributed by atoms with E-state index in [4.69, 9.17) is 4.74 Å². The molecule has 1 heterocycles. The van der Waals surface area contributed by atoms with Crippen LogP contribution in [0, 0.1) is 0 Å². The van der Waals surface area contributed by atoms with Gasteiger partial charge >= 0.3 is 5.97 Å². The summed E-state index contributed by atoms with van der Waals surface area (Å²) in [5.74, 6) is -0.734. The van der Waals surface area contributed by atoms with Gasteiger partial charge in [0.1, 0.15) is 0 Å². The number of rotatable bonds is 4. The lowest BCUT2D eigenvalue weighted by Gasteiger charge is -2.21. The van der Waals surface area contributed by atoms with Gasteiger partial charge in [-0.2, -0.15) is 0 Å². The average Bonchev–Trinajstić information content (AvgIpc) is 3.03. The maximum Gasteiger partial charge on any atom is 0.331 e. The fraction of sp³-hybridized carbons (Fsp3) is 0.200. The van der Waals surface area contributed by atoms with Gasteiger partial charge in [0, 0.05) is 22.8 Å². The van der Waals surface area contributed by atoms with Crippen LogP contribution in [-0.2, 0) is 20.7 Å². The number of carbonyl (C=O) groups is 2. The van der Waals surface area contributed by atoms with Gasteiger partial charge in [0.15, 0.2) is 6.10 Å². The van der Waals surface area contributed by atoms with Gasteiger partial charge in [-0.15, -0.1) is 0 Å². The third-order valence-electron chi connectivity index (χ3n) is 4.05. The highest BCUT2D eigenvalue weighted by atomic mass is 79.9. The van der Waals surface area contributed by atoms with Crippen LogP contribution in [0.15, 0.2) is 59.1 Å². The molecule has 25 heavy (non-hydrogen) atoms. The fourth-order valence-electron chi connectivity index (χ4n) is 2.83. The molecule has 5 heteroatoms. The Morgan fingerprint density at radius 3 is 2.80 bits per heavy atom. The van der Waals surface area contributed by atoms with Gasteiger partial charge in [-0.25, -0.2) is 4.79 Å². The Bertz CT molecular complexity index is 831. The Labute approximate surface area is 155 Å². The Morgan fingerprint density at radius 1 is 1.20 bits per heavy atom. The number of para-hydroxylation sites is 1. The van der Waals surface area contributed by atoms with Gasteiger partial charge in [-0.05, 0) is 48.7 Å². The Morgan fingerprint density at radius 2 is 2.00 bits per heavy atom. The lowest BCUT2D eigenvalue weighted by Crippen LogP contribution is -2.38. The summed E-state index contributed by atoms with van der Waals surface area (Å²) in [7, 11) is 0. The molecule has 4 nitrogen and oxygen atoms in total. The van der Waals surface area contributed by atoms with E-state index in [-0.39, 0.29) is 5.91 Å². The minimum absolute atomic E-state index is 0.200. The second kappa shape index (κ2) is 7.66. The standard InChI is InChI=1S/C20H18BrNO3/c1-14(20(24)22-12-11-16-6-2-3-8-18(16)22)25-19(23)10-9-15-5-4-7-17(21)13-15/h2-10,13-14H,11-12H2,1H3/b10-9+/t14-/m0/s1. The number of ether oxygens (including phenoxy) is 1. The molecule has 0 spiro atoms. The van der Waals surface area contributed by atoms with E-state index in [1.54, 1.807) is 17.9 Å². The normalized spacial score (nSPS) is 14.4. The number of hydrogen-bond acceptors (Lipinski definition) is 3. The van der Waals surface area contributed by atoms with E-state index in [1.165, 1.54) is 6.08 Å². The average molecular weight is 400 g/mol. The molecule has 2 aromatic rings. The highest BCUT2D eigenvalue weighted by Crippen LogP contribution is 2.28. The highest BCUT2D eigenvalue weighted by Gasteiger charge is 2.29. The molecule has 2 aromatic carbocycles. The Balaban J connectivity index is 1.61. The first-order valence-corrected chi connectivity index (χ1v) is 8.87. The number of anilines is 1. The first-order chi connectivity index (χ1) is 12.0. The third kappa shape index (κ3) is 4.17. The molecule has 128 valence electrons. The second-order valence-corrected chi connectivity index (χ2v) is 6.75. The van der Waals surface area contributed by atoms with E-state index in [2.05, 4.69) is 15.9 Å². The fourth-order valence-corrected chi connectivity index (χ4v) is 3.24. The van der Waals surface area contributed by atoms with Crippen LogP contribution in [0.3, 0.4) is 0 Å². The number of halogens is 1. The molecule has 1 amide bonds. The van der Waals surface area contributed by atoms with E-state index in [1.807, 2.05) is 48.5 Å². The van der Waals surface area contributed by atoms with Gasteiger partial charge in [-0.3, -0.25) is 4.79 Å². The van der Waals surface area contributed by atoms with E-state index in [9.17, 15) is 9.59 Å².